The Labute approximate surface area is 174 Å². The Morgan fingerprint density at radius 3 is 2.97 bits per heavy atom. The van der Waals surface area contributed by atoms with Crippen LogP contribution in [0.3, 0.4) is 0 Å². The topological polar surface area (TPSA) is 88.0 Å². The minimum absolute atomic E-state index is 0.107. The van der Waals surface area contributed by atoms with E-state index >= 15 is 0 Å². The van der Waals surface area contributed by atoms with Crippen molar-refractivity contribution in [1.82, 2.24) is 25.3 Å². The van der Waals surface area contributed by atoms with Crippen molar-refractivity contribution < 1.29 is 9.18 Å². The van der Waals surface area contributed by atoms with Crippen molar-refractivity contribution in [1.29, 1.82) is 5.26 Å². The van der Waals surface area contributed by atoms with Crippen LogP contribution in [0.5, 0.6) is 0 Å². The molecule has 1 atom stereocenters. The molecule has 1 aliphatic rings. The van der Waals surface area contributed by atoms with Gasteiger partial charge in [-0.3, -0.25) is 14.8 Å². The van der Waals surface area contributed by atoms with E-state index in [-0.39, 0.29) is 11.9 Å². The van der Waals surface area contributed by atoms with Gasteiger partial charge >= 0.3 is 0 Å². The number of likely N-dealkylation sites (N-methyl/N-ethyl adjacent to an activating group) is 1. The number of halogens is 1. The molecular formula is C22H23FN6O. The summed E-state index contributed by atoms with van der Waals surface area (Å²) >= 11 is 0. The average Bonchev–Trinajstić information content (AvgIpc) is 3.08. The highest BCUT2D eigenvalue weighted by atomic mass is 19.1. The van der Waals surface area contributed by atoms with Crippen LogP contribution in [0, 0.1) is 17.1 Å². The summed E-state index contributed by atoms with van der Waals surface area (Å²) < 4.78 is 13.8. The van der Waals surface area contributed by atoms with E-state index in [1.165, 1.54) is 12.1 Å². The van der Waals surface area contributed by atoms with Crippen molar-refractivity contribution in [3.8, 4) is 6.07 Å². The summed E-state index contributed by atoms with van der Waals surface area (Å²) in [5.74, 6) is -0.628. The second kappa shape index (κ2) is 8.61. The number of nitrogens with one attached hydrogen (secondary N) is 2. The average molecular weight is 406 g/mol. The molecule has 1 saturated heterocycles. The van der Waals surface area contributed by atoms with E-state index < -0.39 is 5.82 Å². The Morgan fingerprint density at radius 1 is 1.30 bits per heavy atom. The maximum absolute atomic E-state index is 13.8. The zero-order valence-electron chi connectivity index (χ0n) is 16.7. The Morgan fingerprint density at radius 2 is 2.13 bits per heavy atom. The molecule has 7 nitrogen and oxygen atoms in total. The van der Waals surface area contributed by atoms with Crippen LogP contribution in [0.15, 0.2) is 42.5 Å². The van der Waals surface area contributed by atoms with Crippen LogP contribution in [0.1, 0.15) is 21.6 Å². The van der Waals surface area contributed by atoms with E-state index in [2.05, 4.69) is 25.3 Å². The van der Waals surface area contributed by atoms with Crippen LogP contribution in [-0.4, -0.2) is 65.2 Å². The summed E-state index contributed by atoms with van der Waals surface area (Å²) in [4.78, 5) is 17.2. The predicted octanol–water partition coefficient (Wildman–Crippen LogP) is 2.12. The zero-order valence-corrected chi connectivity index (χ0v) is 16.7. The predicted molar refractivity (Wildman–Crippen MR) is 111 cm³/mol. The number of rotatable bonds is 4. The van der Waals surface area contributed by atoms with Gasteiger partial charge in [0, 0.05) is 38.1 Å². The molecule has 0 aliphatic carbocycles. The molecule has 1 unspecified atom stereocenters. The van der Waals surface area contributed by atoms with E-state index in [1.807, 2.05) is 37.4 Å². The first-order valence-electron chi connectivity index (χ1n) is 9.86. The smallest absolute Gasteiger partial charge is 0.272 e. The highest BCUT2D eigenvalue weighted by molar-refractivity contribution is 6.04. The van der Waals surface area contributed by atoms with Crippen molar-refractivity contribution >= 4 is 16.8 Å². The molecule has 30 heavy (non-hydrogen) atoms. The lowest BCUT2D eigenvalue weighted by Crippen LogP contribution is -2.46. The number of para-hydroxylation sites is 1. The van der Waals surface area contributed by atoms with E-state index in [0.717, 1.165) is 29.6 Å². The molecule has 2 aromatic carbocycles. The standard InChI is InChI=1S/C22H23FN6O/c1-28-6-7-29(12-16-8-15(11-24)9-17(23)10-16)14-18(13-28)25-22(30)21-19-4-2-3-5-20(19)26-27-21/h2-5,8-10,18H,6-7,12-14H2,1H3,(H,25,30)(H,26,27). The SMILES string of the molecule is CN1CCN(Cc2cc(F)cc(C#N)c2)CC(NC(=O)c2n[nH]c3ccccc23)C1. The number of nitrogens with zero attached hydrogens (tertiary/aromatic N) is 4. The lowest BCUT2D eigenvalue weighted by atomic mass is 10.1. The fraction of sp³-hybridized carbons (Fsp3) is 0.318. The van der Waals surface area contributed by atoms with Gasteiger partial charge in [0.2, 0.25) is 0 Å². The summed E-state index contributed by atoms with van der Waals surface area (Å²) in [5.41, 5.74) is 2.26. The molecule has 8 heteroatoms. The van der Waals surface area contributed by atoms with Crippen LogP contribution in [-0.2, 0) is 6.54 Å². The Bertz CT molecular complexity index is 1100. The number of carbonyl (C=O) groups is 1. The molecule has 154 valence electrons. The number of carbonyl (C=O) groups excluding carboxylic acids is 1. The number of H-pyrrole nitrogens is 1. The number of aromatic amines is 1. The summed E-state index contributed by atoms with van der Waals surface area (Å²) in [6.07, 6.45) is 0. The Kier molecular flexibility index (Phi) is 5.74. The second-order valence-electron chi connectivity index (χ2n) is 7.75. The molecule has 2 N–H and O–H groups in total. The fourth-order valence-electron chi connectivity index (χ4n) is 3.93. The molecule has 0 saturated carbocycles. The first kappa shape index (κ1) is 20.0. The van der Waals surface area contributed by atoms with E-state index in [1.54, 1.807) is 6.07 Å². The molecule has 0 bridgehead atoms. The van der Waals surface area contributed by atoms with Crippen molar-refractivity contribution in [2.75, 3.05) is 33.2 Å². The Balaban J connectivity index is 1.48. The van der Waals surface area contributed by atoms with Gasteiger partial charge in [0.1, 0.15) is 5.82 Å². The third kappa shape index (κ3) is 4.48. The number of hydrogen-bond donors (Lipinski definition) is 2. The number of fused-ring (bicyclic) bond motifs is 1. The molecule has 4 rings (SSSR count). The minimum Gasteiger partial charge on any atom is -0.345 e. The van der Waals surface area contributed by atoms with Crippen molar-refractivity contribution in [3.05, 3.63) is 65.1 Å². The lowest BCUT2D eigenvalue weighted by molar-refractivity contribution is 0.0920. The van der Waals surface area contributed by atoms with Gasteiger partial charge in [-0.2, -0.15) is 10.4 Å². The number of nitriles is 1. The first-order chi connectivity index (χ1) is 14.5. The summed E-state index contributed by atoms with van der Waals surface area (Å²) in [7, 11) is 2.02. The summed E-state index contributed by atoms with van der Waals surface area (Å²) in [6.45, 7) is 3.46. The van der Waals surface area contributed by atoms with Gasteiger partial charge in [-0.05, 0) is 36.9 Å². The number of amides is 1. The molecule has 0 spiro atoms. The lowest BCUT2D eigenvalue weighted by Gasteiger charge is -2.24. The van der Waals surface area contributed by atoms with E-state index in [4.69, 9.17) is 5.26 Å². The van der Waals surface area contributed by atoms with Crippen LogP contribution < -0.4 is 5.32 Å². The van der Waals surface area contributed by atoms with Gasteiger partial charge in [-0.1, -0.05) is 18.2 Å². The summed E-state index contributed by atoms with van der Waals surface area (Å²) in [5, 5.41) is 20.1. The van der Waals surface area contributed by atoms with Crippen molar-refractivity contribution in [2.45, 2.75) is 12.6 Å². The monoisotopic (exact) mass is 406 g/mol. The van der Waals surface area contributed by atoms with Crippen molar-refractivity contribution in [3.63, 3.8) is 0 Å². The highest BCUT2D eigenvalue weighted by Gasteiger charge is 2.24. The minimum atomic E-state index is -0.411. The largest absolute Gasteiger partial charge is 0.345 e. The van der Waals surface area contributed by atoms with Crippen LogP contribution in [0.25, 0.3) is 10.9 Å². The maximum atomic E-state index is 13.8. The van der Waals surface area contributed by atoms with E-state index in [9.17, 15) is 9.18 Å². The van der Waals surface area contributed by atoms with Gasteiger partial charge in [0.05, 0.1) is 23.2 Å². The maximum Gasteiger partial charge on any atom is 0.272 e. The molecule has 3 aromatic rings. The first-order valence-corrected chi connectivity index (χ1v) is 9.86. The second-order valence-corrected chi connectivity index (χ2v) is 7.75. The quantitative estimate of drug-likeness (QED) is 0.693. The molecular weight excluding hydrogens is 383 g/mol. The van der Waals surface area contributed by atoms with Gasteiger partial charge in [0.25, 0.3) is 5.91 Å². The number of aromatic nitrogens is 2. The summed E-state index contributed by atoms with van der Waals surface area (Å²) in [6, 6.07) is 13.8. The van der Waals surface area contributed by atoms with Crippen LogP contribution in [0.4, 0.5) is 4.39 Å². The van der Waals surface area contributed by atoms with Crippen LogP contribution in [0.2, 0.25) is 0 Å². The molecule has 2 heterocycles. The highest BCUT2D eigenvalue weighted by Crippen LogP contribution is 2.16. The molecule has 0 radical (unpaired) electrons. The van der Waals surface area contributed by atoms with Gasteiger partial charge in [0.15, 0.2) is 5.69 Å². The molecule has 1 aliphatic heterocycles. The fourth-order valence-corrected chi connectivity index (χ4v) is 3.93. The van der Waals surface area contributed by atoms with Gasteiger partial charge < -0.3 is 10.2 Å². The van der Waals surface area contributed by atoms with Gasteiger partial charge in [-0.15, -0.1) is 0 Å². The third-order valence-electron chi connectivity index (χ3n) is 5.32. The number of benzene rings is 2. The Hall–Kier alpha value is -3.28. The number of hydrogen-bond acceptors (Lipinski definition) is 5. The third-order valence-corrected chi connectivity index (χ3v) is 5.32. The van der Waals surface area contributed by atoms with Gasteiger partial charge in [-0.25, -0.2) is 4.39 Å². The normalized spacial score (nSPS) is 18.1. The molecule has 1 fully saturated rings. The van der Waals surface area contributed by atoms with Crippen LogP contribution >= 0.6 is 0 Å². The molecule has 1 amide bonds. The zero-order chi connectivity index (χ0) is 21.1. The van der Waals surface area contributed by atoms with E-state index in [0.29, 0.717) is 30.9 Å². The molecule has 1 aromatic heterocycles. The van der Waals surface area contributed by atoms with Crippen molar-refractivity contribution in [2.24, 2.45) is 0 Å².